The fourth-order valence-electron chi connectivity index (χ4n) is 2.03. The van der Waals surface area contributed by atoms with Crippen molar-refractivity contribution in [1.29, 1.82) is 0 Å². The van der Waals surface area contributed by atoms with E-state index in [1.54, 1.807) is 4.90 Å². The van der Waals surface area contributed by atoms with Gasteiger partial charge in [-0.1, -0.05) is 23.9 Å². The van der Waals surface area contributed by atoms with Crippen LogP contribution in [0.1, 0.15) is 0 Å². The number of rotatable bonds is 2. The molecule has 2 aliphatic rings. The summed E-state index contributed by atoms with van der Waals surface area (Å²) in [5.41, 5.74) is 1.06. The van der Waals surface area contributed by atoms with Crippen LogP contribution in [-0.4, -0.2) is 28.6 Å². The van der Waals surface area contributed by atoms with E-state index in [1.807, 2.05) is 24.3 Å². The van der Waals surface area contributed by atoms with E-state index in [0.717, 1.165) is 10.6 Å². The molecule has 1 aromatic rings. The zero-order valence-corrected chi connectivity index (χ0v) is 11.7. The van der Waals surface area contributed by atoms with Gasteiger partial charge in [0.05, 0.1) is 5.69 Å². The number of aliphatic carboxylic acids is 1. The van der Waals surface area contributed by atoms with Crippen molar-refractivity contribution in [2.45, 2.75) is 4.90 Å². The number of carboxylic acids is 1. The normalized spacial score (nSPS) is 20.7. The average molecular weight is 307 g/mol. The highest BCUT2D eigenvalue weighted by molar-refractivity contribution is 8.03. The van der Waals surface area contributed by atoms with Crippen LogP contribution in [0.25, 0.3) is 0 Å². The van der Waals surface area contributed by atoms with Crippen LogP contribution < -0.4 is 15.5 Å². The Labute approximate surface area is 123 Å². The predicted octanol–water partition coefficient (Wildman–Crippen LogP) is 0.857. The van der Waals surface area contributed by atoms with E-state index in [9.17, 15) is 9.59 Å². The Morgan fingerprint density at radius 1 is 1.35 bits per heavy atom. The van der Waals surface area contributed by atoms with E-state index in [-0.39, 0.29) is 23.3 Å². The standard InChI is InChI=1S/C12H9N3O3S2/c16-8(17)5-15-6-3-1-2-4-7(6)20-11(15)9-10(18)14-12(19)13-9/h1-4H,5H2,(H,16,17)(H2,13,14,18,19)/b11-9+. The number of carbonyl (C=O) groups is 2. The van der Waals surface area contributed by atoms with Crippen LogP contribution in [0.4, 0.5) is 5.69 Å². The summed E-state index contributed by atoms with van der Waals surface area (Å²) in [5, 5.41) is 15.1. The van der Waals surface area contributed by atoms with Gasteiger partial charge in [0.2, 0.25) is 0 Å². The quantitative estimate of drug-likeness (QED) is 0.552. The van der Waals surface area contributed by atoms with Gasteiger partial charge in [-0.25, -0.2) is 0 Å². The molecular formula is C12H9N3O3S2. The molecule has 1 aromatic carbocycles. The Morgan fingerprint density at radius 3 is 2.75 bits per heavy atom. The minimum absolute atomic E-state index is 0.218. The van der Waals surface area contributed by atoms with Gasteiger partial charge < -0.3 is 15.3 Å². The lowest BCUT2D eigenvalue weighted by Gasteiger charge is -2.18. The van der Waals surface area contributed by atoms with E-state index in [1.165, 1.54) is 11.8 Å². The summed E-state index contributed by atoms with van der Waals surface area (Å²) < 4.78 is 0. The maximum atomic E-state index is 11.8. The molecule has 2 heterocycles. The van der Waals surface area contributed by atoms with E-state index in [4.69, 9.17) is 17.3 Å². The highest BCUT2D eigenvalue weighted by Crippen LogP contribution is 2.46. The molecule has 6 nitrogen and oxygen atoms in total. The maximum absolute atomic E-state index is 11.8. The van der Waals surface area contributed by atoms with Gasteiger partial charge >= 0.3 is 5.97 Å². The first kappa shape index (κ1) is 12.9. The second kappa shape index (κ2) is 4.80. The van der Waals surface area contributed by atoms with Crippen LogP contribution in [0.2, 0.25) is 0 Å². The average Bonchev–Trinajstić information content (AvgIpc) is 2.90. The zero-order chi connectivity index (χ0) is 14.3. The number of carbonyl (C=O) groups excluding carboxylic acids is 1. The number of para-hydroxylation sites is 1. The molecule has 1 fully saturated rings. The molecule has 3 rings (SSSR count). The topological polar surface area (TPSA) is 81.7 Å². The lowest BCUT2D eigenvalue weighted by atomic mass is 10.3. The number of nitrogens with zero attached hydrogens (tertiary/aromatic N) is 1. The molecular weight excluding hydrogens is 298 g/mol. The van der Waals surface area contributed by atoms with Gasteiger partial charge in [-0.3, -0.25) is 14.9 Å². The van der Waals surface area contributed by atoms with Crippen LogP contribution in [0.5, 0.6) is 0 Å². The van der Waals surface area contributed by atoms with Crippen LogP contribution in [0, 0.1) is 0 Å². The number of thioether (sulfide) groups is 1. The summed E-state index contributed by atoms with van der Waals surface area (Å²) in [5.74, 6) is -1.32. The van der Waals surface area contributed by atoms with Crippen LogP contribution in [0.15, 0.2) is 39.9 Å². The second-order valence-corrected chi connectivity index (χ2v) is 5.58. The van der Waals surface area contributed by atoms with Gasteiger partial charge in [0.1, 0.15) is 17.3 Å². The fraction of sp³-hybridized carbons (Fsp3) is 0.0833. The molecule has 102 valence electrons. The fourth-order valence-corrected chi connectivity index (χ4v) is 3.38. The third kappa shape index (κ3) is 2.12. The maximum Gasteiger partial charge on any atom is 0.323 e. The first-order valence-corrected chi connectivity index (χ1v) is 6.91. The lowest BCUT2D eigenvalue weighted by Crippen LogP contribution is -2.28. The van der Waals surface area contributed by atoms with E-state index >= 15 is 0 Å². The van der Waals surface area contributed by atoms with Gasteiger partial charge in [-0.05, 0) is 24.4 Å². The highest BCUT2D eigenvalue weighted by Gasteiger charge is 2.34. The van der Waals surface area contributed by atoms with Gasteiger partial charge in [-0.15, -0.1) is 0 Å². The monoisotopic (exact) mass is 307 g/mol. The Hall–Kier alpha value is -2.06. The minimum Gasteiger partial charge on any atom is -0.480 e. The molecule has 0 bridgehead atoms. The largest absolute Gasteiger partial charge is 0.480 e. The molecule has 1 saturated heterocycles. The molecule has 3 N–H and O–H groups in total. The number of benzene rings is 1. The SMILES string of the molecule is O=C(O)CN1/C(=C2\NC(=S)NC2=O)Sc2ccccc21. The Morgan fingerprint density at radius 2 is 2.10 bits per heavy atom. The first-order chi connectivity index (χ1) is 9.56. The zero-order valence-electron chi connectivity index (χ0n) is 10.0. The molecule has 0 spiro atoms. The van der Waals surface area contributed by atoms with Crippen molar-refractivity contribution < 1.29 is 14.7 Å². The van der Waals surface area contributed by atoms with Crippen molar-refractivity contribution in [3.8, 4) is 0 Å². The van der Waals surface area contributed by atoms with E-state index < -0.39 is 5.97 Å². The number of nitrogens with one attached hydrogen (secondary N) is 2. The molecule has 8 heteroatoms. The highest BCUT2D eigenvalue weighted by atomic mass is 32.2. The number of anilines is 1. The molecule has 0 aliphatic carbocycles. The van der Waals surface area contributed by atoms with Crippen molar-refractivity contribution in [1.82, 2.24) is 10.6 Å². The summed E-state index contributed by atoms with van der Waals surface area (Å²) in [4.78, 5) is 25.4. The molecule has 0 saturated carbocycles. The molecule has 0 unspecified atom stereocenters. The third-order valence-electron chi connectivity index (χ3n) is 2.81. The number of amides is 1. The summed E-state index contributed by atoms with van der Waals surface area (Å²) >= 11 is 6.25. The number of hydrogen-bond donors (Lipinski definition) is 3. The van der Waals surface area contributed by atoms with Crippen LogP contribution >= 0.6 is 24.0 Å². The van der Waals surface area contributed by atoms with Crippen molar-refractivity contribution in [2.24, 2.45) is 0 Å². The smallest absolute Gasteiger partial charge is 0.323 e. The number of hydrogen-bond acceptors (Lipinski definition) is 5. The van der Waals surface area contributed by atoms with Crippen molar-refractivity contribution in [2.75, 3.05) is 11.4 Å². The summed E-state index contributed by atoms with van der Waals surface area (Å²) in [6.45, 7) is -0.218. The number of carboxylic acid groups (broad SMARTS) is 1. The summed E-state index contributed by atoms with van der Waals surface area (Å²) in [7, 11) is 0. The minimum atomic E-state index is -0.971. The van der Waals surface area contributed by atoms with Crippen LogP contribution in [0.3, 0.4) is 0 Å². The molecule has 0 aromatic heterocycles. The first-order valence-electron chi connectivity index (χ1n) is 5.69. The molecule has 0 atom stereocenters. The molecule has 20 heavy (non-hydrogen) atoms. The van der Waals surface area contributed by atoms with E-state index in [0.29, 0.717) is 5.03 Å². The lowest BCUT2D eigenvalue weighted by molar-refractivity contribution is -0.135. The molecule has 2 aliphatic heterocycles. The Bertz CT molecular complexity index is 672. The second-order valence-electron chi connectivity index (χ2n) is 4.14. The number of fused-ring (bicyclic) bond motifs is 1. The third-order valence-corrected chi connectivity index (χ3v) is 4.19. The van der Waals surface area contributed by atoms with Gasteiger partial charge in [-0.2, -0.15) is 0 Å². The summed E-state index contributed by atoms with van der Waals surface area (Å²) in [6.07, 6.45) is 0. The number of thiocarbonyl (C=S) groups is 1. The Balaban J connectivity index is 2.08. The summed E-state index contributed by atoms with van der Waals surface area (Å²) in [6, 6.07) is 7.40. The van der Waals surface area contributed by atoms with Gasteiger partial charge in [0.25, 0.3) is 5.91 Å². The Kier molecular flexibility index (Phi) is 3.11. The van der Waals surface area contributed by atoms with Gasteiger partial charge in [0, 0.05) is 4.90 Å². The molecule has 0 radical (unpaired) electrons. The van der Waals surface area contributed by atoms with Crippen LogP contribution in [-0.2, 0) is 9.59 Å². The van der Waals surface area contributed by atoms with E-state index in [2.05, 4.69) is 10.6 Å². The van der Waals surface area contributed by atoms with Crippen molar-refractivity contribution in [3.05, 3.63) is 35.0 Å². The predicted molar refractivity (Wildman–Crippen MR) is 78.2 cm³/mol. The van der Waals surface area contributed by atoms with Crippen molar-refractivity contribution >= 4 is 46.7 Å². The van der Waals surface area contributed by atoms with Crippen molar-refractivity contribution in [3.63, 3.8) is 0 Å². The molecule has 1 amide bonds. The van der Waals surface area contributed by atoms with Gasteiger partial charge in [0.15, 0.2) is 5.11 Å².